The van der Waals surface area contributed by atoms with Gasteiger partial charge in [0.15, 0.2) is 0 Å². The Labute approximate surface area is 192 Å². The van der Waals surface area contributed by atoms with E-state index >= 15 is 0 Å². The first kappa shape index (κ1) is 23.7. The van der Waals surface area contributed by atoms with Gasteiger partial charge in [-0.25, -0.2) is 8.42 Å². The molecule has 2 aromatic carbocycles. The van der Waals surface area contributed by atoms with E-state index in [9.17, 15) is 13.2 Å². The molecule has 1 fully saturated rings. The van der Waals surface area contributed by atoms with Gasteiger partial charge in [-0.3, -0.25) is 9.10 Å². The lowest BCUT2D eigenvalue weighted by Gasteiger charge is -2.29. The molecule has 0 saturated carbocycles. The highest BCUT2D eigenvalue weighted by Crippen LogP contribution is 2.32. The molecule has 0 unspecified atom stereocenters. The third kappa shape index (κ3) is 6.04. The van der Waals surface area contributed by atoms with Gasteiger partial charge in [0, 0.05) is 30.3 Å². The Bertz CT molecular complexity index is 1030. The standard InChI is InChI=1S/C21H25Cl2N3O4S/c1-15(26(31(2,28)29)20-13-17(22)5-8-19(20)23)21(27)24-14-16-3-6-18(7-4-16)25-9-11-30-12-10-25/h3-8,13,15H,9-12,14H2,1-2H3,(H,24,27)/t15-/m1/s1. The molecule has 0 spiro atoms. The topological polar surface area (TPSA) is 79.0 Å². The molecule has 1 aliphatic rings. The molecule has 2 aromatic rings. The Hall–Kier alpha value is -2.00. The molecule has 1 aliphatic heterocycles. The normalized spacial score (nSPS) is 15.4. The average Bonchev–Trinajstić information content (AvgIpc) is 2.74. The van der Waals surface area contributed by atoms with E-state index in [4.69, 9.17) is 27.9 Å². The Kier molecular flexibility index (Phi) is 7.69. The number of carbonyl (C=O) groups is 1. The minimum Gasteiger partial charge on any atom is -0.378 e. The first-order valence-electron chi connectivity index (χ1n) is 9.80. The van der Waals surface area contributed by atoms with E-state index in [1.165, 1.54) is 19.1 Å². The lowest BCUT2D eigenvalue weighted by Crippen LogP contribution is -2.47. The van der Waals surface area contributed by atoms with Crippen molar-refractivity contribution in [2.45, 2.75) is 19.5 Å². The van der Waals surface area contributed by atoms with Crippen LogP contribution in [0.4, 0.5) is 11.4 Å². The van der Waals surface area contributed by atoms with Crippen LogP contribution in [-0.4, -0.2) is 52.9 Å². The van der Waals surface area contributed by atoms with Crippen molar-refractivity contribution in [1.82, 2.24) is 5.32 Å². The minimum absolute atomic E-state index is 0.161. The summed E-state index contributed by atoms with van der Waals surface area (Å²) in [6.45, 7) is 4.90. The van der Waals surface area contributed by atoms with Crippen LogP contribution in [0.25, 0.3) is 0 Å². The van der Waals surface area contributed by atoms with Gasteiger partial charge in [0.05, 0.1) is 30.2 Å². The number of benzene rings is 2. The number of hydrogen-bond acceptors (Lipinski definition) is 5. The molecule has 31 heavy (non-hydrogen) atoms. The van der Waals surface area contributed by atoms with Gasteiger partial charge in [-0.1, -0.05) is 35.3 Å². The molecule has 1 amide bonds. The number of morpholine rings is 1. The van der Waals surface area contributed by atoms with Crippen LogP contribution in [0.3, 0.4) is 0 Å². The maximum Gasteiger partial charge on any atom is 0.243 e. The molecule has 7 nitrogen and oxygen atoms in total. The summed E-state index contributed by atoms with van der Waals surface area (Å²) in [4.78, 5) is 15.0. The van der Waals surface area contributed by atoms with Gasteiger partial charge in [-0.05, 0) is 42.8 Å². The summed E-state index contributed by atoms with van der Waals surface area (Å²) in [6.07, 6.45) is 1.03. The molecule has 1 N–H and O–H groups in total. The van der Waals surface area contributed by atoms with Crippen molar-refractivity contribution < 1.29 is 17.9 Å². The number of anilines is 2. The van der Waals surface area contributed by atoms with Crippen molar-refractivity contribution in [2.75, 3.05) is 41.8 Å². The van der Waals surface area contributed by atoms with E-state index < -0.39 is 22.0 Å². The maximum absolute atomic E-state index is 12.8. The molecule has 3 rings (SSSR count). The highest BCUT2D eigenvalue weighted by molar-refractivity contribution is 7.92. The molecule has 10 heteroatoms. The first-order valence-corrected chi connectivity index (χ1v) is 12.4. The number of nitrogens with one attached hydrogen (secondary N) is 1. The number of carbonyl (C=O) groups excluding carboxylic acids is 1. The molecule has 1 saturated heterocycles. The van der Waals surface area contributed by atoms with Crippen molar-refractivity contribution in [1.29, 1.82) is 0 Å². The van der Waals surface area contributed by atoms with Gasteiger partial charge in [0.25, 0.3) is 0 Å². The highest BCUT2D eigenvalue weighted by Gasteiger charge is 2.30. The van der Waals surface area contributed by atoms with Crippen molar-refractivity contribution >= 4 is 50.5 Å². The fourth-order valence-corrected chi connectivity index (χ4v) is 5.02. The number of nitrogens with zero attached hydrogens (tertiary/aromatic N) is 2. The molecule has 0 aliphatic carbocycles. The van der Waals surface area contributed by atoms with Gasteiger partial charge in [0.2, 0.25) is 15.9 Å². The number of amides is 1. The zero-order valence-corrected chi connectivity index (χ0v) is 19.7. The Morgan fingerprint density at radius 3 is 2.42 bits per heavy atom. The summed E-state index contributed by atoms with van der Waals surface area (Å²) in [7, 11) is -3.79. The fourth-order valence-electron chi connectivity index (χ4n) is 3.42. The summed E-state index contributed by atoms with van der Waals surface area (Å²) >= 11 is 12.2. The lowest BCUT2D eigenvalue weighted by atomic mass is 10.1. The average molecular weight is 486 g/mol. The Balaban J connectivity index is 1.69. The number of sulfonamides is 1. The van der Waals surface area contributed by atoms with E-state index in [2.05, 4.69) is 10.2 Å². The molecule has 1 atom stereocenters. The molecule has 1 heterocycles. The molecule has 0 bridgehead atoms. The summed E-state index contributed by atoms with van der Waals surface area (Å²) in [5.74, 6) is -0.446. The van der Waals surface area contributed by atoms with Crippen LogP contribution < -0.4 is 14.5 Å². The molecular formula is C21H25Cl2N3O4S. The van der Waals surface area contributed by atoms with Gasteiger partial charge in [-0.15, -0.1) is 0 Å². The monoisotopic (exact) mass is 485 g/mol. The number of ether oxygens (including phenoxy) is 1. The smallest absolute Gasteiger partial charge is 0.243 e. The summed E-state index contributed by atoms with van der Waals surface area (Å²) in [6, 6.07) is 11.4. The molecule has 168 valence electrons. The Morgan fingerprint density at radius 2 is 1.81 bits per heavy atom. The van der Waals surface area contributed by atoms with Gasteiger partial charge in [0.1, 0.15) is 6.04 Å². The predicted molar refractivity (Wildman–Crippen MR) is 125 cm³/mol. The van der Waals surface area contributed by atoms with Gasteiger partial charge >= 0.3 is 0 Å². The Morgan fingerprint density at radius 1 is 1.16 bits per heavy atom. The zero-order valence-electron chi connectivity index (χ0n) is 17.3. The second kappa shape index (κ2) is 10.1. The summed E-state index contributed by atoms with van der Waals surface area (Å²) in [5, 5.41) is 3.31. The van der Waals surface area contributed by atoms with Crippen LogP contribution in [0.15, 0.2) is 42.5 Å². The van der Waals surface area contributed by atoms with Crippen LogP contribution in [0, 0.1) is 0 Å². The maximum atomic E-state index is 12.8. The predicted octanol–water partition coefficient (Wildman–Crippen LogP) is 3.30. The quantitative estimate of drug-likeness (QED) is 0.650. The van der Waals surface area contributed by atoms with Crippen LogP contribution >= 0.6 is 23.2 Å². The van der Waals surface area contributed by atoms with Crippen LogP contribution in [0.2, 0.25) is 10.0 Å². The largest absolute Gasteiger partial charge is 0.378 e. The molecule has 0 radical (unpaired) electrons. The van der Waals surface area contributed by atoms with E-state index in [0.29, 0.717) is 18.2 Å². The van der Waals surface area contributed by atoms with E-state index in [0.717, 1.165) is 34.9 Å². The minimum atomic E-state index is -3.79. The van der Waals surface area contributed by atoms with Crippen molar-refractivity contribution in [3.8, 4) is 0 Å². The molecular weight excluding hydrogens is 461 g/mol. The van der Waals surface area contributed by atoms with Crippen molar-refractivity contribution in [2.24, 2.45) is 0 Å². The van der Waals surface area contributed by atoms with Gasteiger partial charge in [-0.2, -0.15) is 0 Å². The molecule has 0 aromatic heterocycles. The number of halogens is 2. The van der Waals surface area contributed by atoms with Gasteiger partial charge < -0.3 is 15.0 Å². The zero-order chi connectivity index (χ0) is 22.6. The van der Waals surface area contributed by atoms with E-state index in [-0.39, 0.29) is 17.3 Å². The van der Waals surface area contributed by atoms with E-state index in [1.807, 2.05) is 24.3 Å². The van der Waals surface area contributed by atoms with E-state index in [1.54, 1.807) is 6.07 Å². The van der Waals surface area contributed by atoms with Crippen LogP contribution in [0.1, 0.15) is 12.5 Å². The third-order valence-electron chi connectivity index (χ3n) is 5.01. The number of hydrogen-bond donors (Lipinski definition) is 1. The van der Waals surface area contributed by atoms with Crippen molar-refractivity contribution in [3.63, 3.8) is 0 Å². The SMILES string of the molecule is C[C@H](C(=O)NCc1ccc(N2CCOCC2)cc1)N(c1cc(Cl)ccc1Cl)S(C)(=O)=O. The van der Waals surface area contributed by atoms with Crippen LogP contribution in [0.5, 0.6) is 0 Å². The second-order valence-electron chi connectivity index (χ2n) is 7.31. The first-order chi connectivity index (χ1) is 14.7. The summed E-state index contributed by atoms with van der Waals surface area (Å²) < 4.78 is 31.2. The number of rotatable bonds is 7. The third-order valence-corrected chi connectivity index (χ3v) is 6.80. The second-order valence-corrected chi connectivity index (χ2v) is 10.0. The van der Waals surface area contributed by atoms with Crippen LogP contribution in [-0.2, 0) is 26.1 Å². The highest BCUT2D eigenvalue weighted by atomic mass is 35.5. The fraction of sp³-hybridized carbons (Fsp3) is 0.381. The van der Waals surface area contributed by atoms with Crippen molar-refractivity contribution in [3.05, 3.63) is 58.1 Å². The summed E-state index contributed by atoms with van der Waals surface area (Å²) in [5.41, 5.74) is 2.17. The lowest BCUT2D eigenvalue weighted by molar-refractivity contribution is -0.122.